The molecule has 3 N–H and O–H groups in total. The lowest BCUT2D eigenvalue weighted by atomic mass is 9.96. The maximum Gasteiger partial charge on any atom is 0.328 e. The third-order valence-electron chi connectivity index (χ3n) is 5.19. The summed E-state index contributed by atoms with van der Waals surface area (Å²) in [5.74, 6) is -0.227. The van der Waals surface area contributed by atoms with Crippen molar-refractivity contribution in [3.8, 4) is 0 Å². The minimum Gasteiger partial charge on any atom is -0.352 e. The molecule has 7 nitrogen and oxygen atoms in total. The highest BCUT2D eigenvalue weighted by molar-refractivity contribution is 7.90. The average Bonchev–Trinajstić information content (AvgIpc) is 2.74. The van der Waals surface area contributed by atoms with Crippen molar-refractivity contribution in [3.63, 3.8) is 0 Å². The van der Waals surface area contributed by atoms with Gasteiger partial charge in [0, 0.05) is 23.2 Å². The van der Waals surface area contributed by atoms with E-state index < -0.39 is 16.1 Å². The van der Waals surface area contributed by atoms with E-state index in [4.69, 9.17) is 11.6 Å². The summed E-state index contributed by atoms with van der Waals surface area (Å²) in [5, 5.41) is 6.03. The minimum atomic E-state index is -3.95. The van der Waals surface area contributed by atoms with Gasteiger partial charge in [0.2, 0.25) is 0 Å². The van der Waals surface area contributed by atoms with Crippen LogP contribution in [0.4, 0.5) is 4.79 Å². The summed E-state index contributed by atoms with van der Waals surface area (Å²) in [6.07, 6.45) is 5.50. The number of halogens is 1. The Labute approximate surface area is 187 Å². The predicted molar refractivity (Wildman–Crippen MR) is 120 cm³/mol. The Balaban J connectivity index is 1.49. The van der Waals surface area contributed by atoms with E-state index in [1.54, 1.807) is 36.4 Å². The number of carbonyl (C=O) groups excluding carboxylic acids is 2. The molecule has 0 radical (unpaired) electrons. The fourth-order valence-corrected chi connectivity index (χ4v) is 4.64. The van der Waals surface area contributed by atoms with Crippen LogP contribution in [0.2, 0.25) is 5.02 Å². The molecule has 3 amide bonds. The molecule has 2 aromatic rings. The van der Waals surface area contributed by atoms with E-state index in [-0.39, 0.29) is 16.8 Å². The van der Waals surface area contributed by atoms with Crippen molar-refractivity contribution in [2.75, 3.05) is 6.54 Å². The lowest BCUT2D eigenvalue weighted by Crippen LogP contribution is -2.45. The number of hydrogen-bond acceptors (Lipinski definition) is 4. The van der Waals surface area contributed by atoms with Crippen LogP contribution < -0.4 is 15.4 Å². The van der Waals surface area contributed by atoms with Gasteiger partial charge in [0.15, 0.2) is 0 Å². The molecule has 0 unspecified atom stereocenters. The second-order valence-corrected chi connectivity index (χ2v) is 9.69. The van der Waals surface area contributed by atoms with Gasteiger partial charge in [-0.3, -0.25) is 4.79 Å². The molecule has 0 spiro atoms. The van der Waals surface area contributed by atoms with E-state index in [9.17, 15) is 18.0 Å². The number of sulfonamides is 1. The molecule has 166 valence electrons. The molecule has 1 aliphatic rings. The van der Waals surface area contributed by atoms with Gasteiger partial charge in [-0.25, -0.2) is 17.9 Å². The summed E-state index contributed by atoms with van der Waals surface area (Å²) in [6, 6.07) is 12.2. The lowest BCUT2D eigenvalue weighted by molar-refractivity contribution is 0.0954. The van der Waals surface area contributed by atoms with E-state index in [1.165, 1.54) is 12.1 Å². The molecule has 31 heavy (non-hydrogen) atoms. The lowest BCUT2D eigenvalue weighted by Gasteiger charge is -2.22. The normalized spacial score (nSPS) is 14.6. The van der Waals surface area contributed by atoms with E-state index in [0.717, 1.165) is 37.7 Å². The molecule has 0 bridgehead atoms. The highest BCUT2D eigenvalue weighted by atomic mass is 35.5. The Morgan fingerprint density at radius 3 is 2.39 bits per heavy atom. The Bertz CT molecular complexity index is 1020. The molecule has 2 aromatic carbocycles. The van der Waals surface area contributed by atoms with Crippen LogP contribution in [0, 0.1) is 0 Å². The van der Waals surface area contributed by atoms with Crippen LogP contribution in [0.1, 0.15) is 48.0 Å². The maximum absolute atomic E-state index is 12.4. The topological polar surface area (TPSA) is 104 Å². The minimum absolute atomic E-state index is 0.0120. The highest BCUT2D eigenvalue weighted by Gasteiger charge is 2.21. The molecule has 0 atom stereocenters. The standard InChI is InChI=1S/C22H26ClN3O4S/c23-18-6-4-5-17(15-18)21(27)24-14-13-16-9-11-20(12-10-16)31(29,30)26-22(28)25-19-7-2-1-3-8-19/h4-6,9-12,15,19H,1-3,7-8,13-14H2,(H,24,27)(H2,25,26,28). The molecule has 0 heterocycles. The zero-order valence-corrected chi connectivity index (χ0v) is 18.6. The molecular weight excluding hydrogens is 438 g/mol. The fraction of sp³-hybridized carbons (Fsp3) is 0.364. The molecule has 1 saturated carbocycles. The van der Waals surface area contributed by atoms with Crippen LogP contribution in [0.25, 0.3) is 0 Å². The molecule has 0 saturated heterocycles. The number of carbonyl (C=O) groups is 2. The van der Waals surface area contributed by atoms with E-state index in [2.05, 4.69) is 15.4 Å². The Hall–Kier alpha value is -2.58. The molecule has 9 heteroatoms. The van der Waals surface area contributed by atoms with Crippen molar-refractivity contribution in [1.29, 1.82) is 0 Å². The van der Waals surface area contributed by atoms with Gasteiger partial charge in [-0.2, -0.15) is 0 Å². The smallest absolute Gasteiger partial charge is 0.328 e. The van der Waals surface area contributed by atoms with Crippen LogP contribution >= 0.6 is 11.6 Å². The van der Waals surface area contributed by atoms with Crippen molar-refractivity contribution in [1.82, 2.24) is 15.4 Å². The van der Waals surface area contributed by atoms with Gasteiger partial charge in [0.05, 0.1) is 4.90 Å². The van der Waals surface area contributed by atoms with Crippen LogP contribution in [0.5, 0.6) is 0 Å². The predicted octanol–water partition coefficient (Wildman–Crippen LogP) is 3.63. The first kappa shape index (κ1) is 23.1. The molecule has 1 aliphatic carbocycles. The van der Waals surface area contributed by atoms with E-state index >= 15 is 0 Å². The highest BCUT2D eigenvalue weighted by Crippen LogP contribution is 2.17. The fourth-order valence-electron chi connectivity index (χ4n) is 3.53. The van der Waals surface area contributed by atoms with Gasteiger partial charge in [-0.15, -0.1) is 0 Å². The van der Waals surface area contributed by atoms with Gasteiger partial charge in [-0.1, -0.05) is 49.1 Å². The molecule has 1 fully saturated rings. The largest absolute Gasteiger partial charge is 0.352 e. The molecular formula is C22H26ClN3O4S. The number of hydrogen-bond donors (Lipinski definition) is 3. The van der Waals surface area contributed by atoms with Crippen LogP contribution in [0.3, 0.4) is 0 Å². The molecule has 3 rings (SSSR count). The van der Waals surface area contributed by atoms with Gasteiger partial charge >= 0.3 is 6.03 Å². The van der Waals surface area contributed by atoms with Crippen LogP contribution in [-0.2, 0) is 16.4 Å². The van der Waals surface area contributed by atoms with Crippen molar-refractivity contribution >= 4 is 33.6 Å². The van der Waals surface area contributed by atoms with Crippen LogP contribution in [0.15, 0.2) is 53.4 Å². The number of nitrogens with one attached hydrogen (secondary N) is 3. The van der Waals surface area contributed by atoms with Gasteiger partial charge in [-0.05, 0) is 55.2 Å². The second-order valence-electron chi connectivity index (χ2n) is 7.57. The Morgan fingerprint density at radius 2 is 1.71 bits per heavy atom. The third-order valence-corrected chi connectivity index (χ3v) is 6.77. The summed E-state index contributed by atoms with van der Waals surface area (Å²) in [7, 11) is -3.95. The summed E-state index contributed by atoms with van der Waals surface area (Å²) >= 11 is 5.89. The Kier molecular flexibility index (Phi) is 7.92. The summed E-state index contributed by atoms with van der Waals surface area (Å²) in [5.41, 5.74) is 1.34. The maximum atomic E-state index is 12.4. The summed E-state index contributed by atoms with van der Waals surface area (Å²) in [4.78, 5) is 24.2. The number of urea groups is 1. The zero-order chi connectivity index (χ0) is 22.3. The first-order chi connectivity index (χ1) is 14.8. The van der Waals surface area contributed by atoms with Crippen molar-refractivity contribution in [2.45, 2.75) is 49.5 Å². The first-order valence-electron chi connectivity index (χ1n) is 10.3. The molecule has 0 aliphatic heterocycles. The monoisotopic (exact) mass is 463 g/mol. The van der Waals surface area contributed by atoms with Gasteiger partial charge in [0.1, 0.15) is 0 Å². The third kappa shape index (κ3) is 6.97. The van der Waals surface area contributed by atoms with Crippen molar-refractivity contribution < 1.29 is 18.0 Å². The van der Waals surface area contributed by atoms with Crippen molar-refractivity contribution in [3.05, 3.63) is 64.7 Å². The zero-order valence-electron chi connectivity index (χ0n) is 17.1. The SMILES string of the molecule is O=C(NC1CCCCC1)NS(=O)(=O)c1ccc(CCNC(=O)c2cccc(Cl)c2)cc1. The van der Waals surface area contributed by atoms with Gasteiger partial charge in [0.25, 0.3) is 15.9 Å². The van der Waals surface area contributed by atoms with E-state index in [1.807, 2.05) is 0 Å². The number of benzene rings is 2. The van der Waals surface area contributed by atoms with Gasteiger partial charge < -0.3 is 10.6 Å². The quantitative estimate of drug-likeness (QED) is 0.583. The van der Waals surface area contributed by atoms with Crippen LogP contribution in [-0.4, -0.2) is 32.9 Å². The molecule has 0 aromatic heterocycles. The average molecular weight is 464 g/mol. The Morgan fingerprint density at radius 1 is 1.00 bits per heavy atom. The summed E-state index contributed by atoms with van der Waals surface area (Å²) < 4.78 is 27.0. The summed E-state index contributed by atoms with van der Waals surface area (Å²) in [6.45, 7) is 0.388. The number of amides is 3. The number of rotatable bonds is 7. The van der Waals surface area contributed by atoms with Crippen molar-refractivity contribution in [2.24, 2.45) is 0 Å². The first-order valence-corrected chi connectivity index (χ1v) is 12.2. The second kappa shape index (κ2) is 10.6. The van der Waals surface area contributed by atoms with E-state index in [0.29, 0.717) is 23.6 Å².